The van der Waals surface area contributed by atoms with Crippen molar-refractivity contribution >= 4 is 17.5 Å². The van der Waals surface area contributed by atoms with E-state index in [-0.39, 0.29) is 35.7 Å². The van der Waals surface area contributed by atoms with Gasteiger partial charge >= 0.3 is 5.69 Å². The number of hydrogen-bond donors (Lipinski definition) is 3. The minimum Gasteiger partial charge on any atom is -0.396 e. The summed E-state index contributed by atoms with van der Waals surface area (Å²) in [5.74, 6) is 0.370. The number of aryl methyl sites for hydroxylation is 1. The van der Waals surface area contributed by atoms with Gasteiger partial charge in [0.1, 0.15) is 5.69 Å². The molecular weight excluding hydrogens is 250 g/mol. The van der Waals surface area contributed by atoms with Gasteiger partial charge in [0.2, 0.25) is 11.8 Å². The maximum Gasteiger partial charge on any atom is 0.332 e. The smallest absolute Gasteiger partial charge is 0.332 e. The SMILES string of the molecule is Cc1nc(N)nc(NCCCC(C)CO)c1[N+](=O)[O-]. The molecule has 0 aliphatic rings. The Balaban J connectivity index is 2.69. The Morgan fingerprint density at radius 3 is 2.79 bits per heavy atom. The number of nitrogens with zero attached hydrogens (tertiary/aromatic N) is 3. The standard InChI is InChI=1S/C11H19N5O3/c1-7(6-17)4-3-5-13-10-9(16(18)19)8(2)14-11(12)15-10/h7,17H,3-6H2,1-2H3,(H3,12,13,14,15). The number of aliphatic hydroxyl groups is 1. The molecule has 4 N–H and O–H groups in total. The van der Waals surface area contributed by atoms with E-state index >= 15 is 0 Å². The van der Waals surface area contributed by atoms with Gasteiger partial charge in [-0.05, 0) is 25.7 Å². The van der Waals surface area contributed by atoms with Crippen LogP contribution in [-0.2, 0) is 0 Å². The molecule has 0 saturated carbocycles. The van der Waals surface area contributed by atoms with Gasteiger partial charge in [-0.15, -0.1) is 0 Å². The second kappa shape index (κ2) is 6.83. The van der Waals surface area contributed by atoms with Crippen LogP contribution in [0.5, 0.6) is 0 Å². The molecule has 0 radical (unpaired) electrons. The third-order valence-electron chi connectivity index (χ3n) is 2.74. The molecular formula is C11H19N5O3. The van der Waals surface area contributed by atoms with Gasteiger partial charge < -0.3 is 16.2 Å². The average Bonchev–Trinajstić information content (AvgIpc) is 2.32. The van der Waals surface area contributed by atoms with Gasteiger partial charge in [-0.3, -0.25) is 10.1 Å². The first-order chi connectivity index (χ1) is 8.95. The van der Waals surface area contributed by atoms with Gasteiger partial charge in [-0.2, -0.15) is 4.98 Å². The molecule has 1 unspecified atom stereocenters. The van der Waals surface area contributed by atoms with Crippen LogP contribution in [0.2, 0.25) is 0 Å². The third kappa shape index (κ3) is 4.32. The van der Waals surface area contributed by atoms with Crippen molar-refractivity contribution in [2.45, 2.75) is 26.7 Å². The predicted molar refractivity (Wildman–Crippen MR) is 71.8 cm³/mol. The van der Waals surface area contributed by atoms with Crippen molar-refractivity contribution in [3.05, 3.63) is 15.8 Å². The highest BCUT2D eigenvalue weighted by atomic mass is 16.6. The summed E-state index contributed by atoms with van der Waals surface area (Å²) < 4.78 is 0. The van der Waals surface area contributed by atoms with Crippen LogP contribution in [0.25, 0.3) is 0 Å². The number of anilines is 2. The number of aliphatic hydroxyl groups excluding tert-OH is 1. The van der Waals surface area contributed by atoms with Crippen LogP contribution in [-0.4, -0.2) is 33.1 Å². The minimum absolute atomic E-state index is 0.00864. The number of hydrogen-bond acceptors (Lipinski definition) is 7. The third-order valence-corrected chi connectivity index (χ3v) is 2.74. The van der Waals surface area contributed by atoms with E-state index < -0.39 is 4.92 Å². The highest BCUT2D eigenvalue weighted by molar-refractivity contribution is 5.60. The lowest BCUT2D eigenvalue weighted by atomic mass is 10.1. The van der Waals surface area contributed by atoms with Gasteiger partial charge in [0.25, 0.3) is 0 Å². The average molecular weight is 269 g/mol. The van der Waals surface area contributed by atoms with Crippen molar-refractivity contribution in [3.63, 3.8) is 0 Å². The summed E-state index contributed by atoms with van der Waals surface area (Å²) in [5.41, 5.74) is 5.58. The van der Waals surface area contributed by atoms with Crippen molar-refractivity contribution in [3.8, 4) is 0 Å². The van der Waals surface area contributed by atoms with E-state index in [1.807, 2.05) is 6.92 Å². The molecule has 0 aliphatic carbocycles. The number of aromatic nitrogens is 2. The van der Waals surface area contributed by atoms with Gasteiger partial charge in [0.05, 0.1) is 4.92 Å². The first kappa shape index (κ1) is 15.1. The van der Waals surface area contributed by atoms with E-state index in [1.165, 1.54) is 6.92 Å². The van der Waals surface area contributed by atoms with Crippen LogP contribution in [0.1, 0.15) is 25.5 Å². The first-order valence-electron chi connectivity index (χ1n) is 6.09. The molecule has 106 valence electrons. The summed E-state index contributed by atoms with van der Waals surface area (Å²) in [6.45, 7) is 4.13. The van der Waals surface area contributed by atoms with Crippen molar-refractivity contribution < 1.29 is 10.0 Å². The molecule has 0 bridgehead atoms. The molecule has 0 saturated heterocycles. The molecule has 8 nitrogen and oxygen atoms in total. The molecule has 0 fully saturated rings. The van der Waals surface area contributed by atoms with Gasteiger partial charge in [-0.1, -0.05) is 6.92 Å². The Labute approximate surface area is 111 Å². The molecule has 1 aromatic rings. The first-order valence-corrected chi connectivity index (χ1v) is 6.09. The zero-order chi connectivity index (χ0) is 14.4. The second-order valence-electron chi connectivity index (χ2n) is 4.48. The van der Waals surface area contributed by atoms with Crippen LogP contribution in [0.15, 0.2) is 0 Å². The summed E-state index contributed by atoms with van der Waals surface area (Å²) in [4.78, 5) is 18.1. The zero-order valence-corrected chi connectivity index (χ0v) is 11.1. The fourth-order valence-corrected chi connectivity index (χ4v) is 1.68. The van der Waals surface area contributed by atoms with Crippen molar-refractivity contribution in [2.75, 3.05) is 24.2 Å². The Hall–Kier alpha value is -1.96. The Morgan fingerprint density at radius 2 is 2.21 bits per heavy atom. The molecule has 1 heterocycles. The van der Waals surface area contributed by atoms with Gasteiger partial charge in [-0.25, -0.2) is 4.98 Å². The number of nitrogens with two attached hydrogens (primary N) is 1. The Morgan fingerprint density at radius 1 is 1.53 bits per heavy atom. The predicted octanol–water partition coefficient (Wildman–Crippen LogP) is 1.10. The molecule has 0 aromatic carbocycles. The summed E-state index contributed by atoms with van der Waals surface area (Å²) >= 11 is 0. The molecule has 1 aromatic heterocycles. The van der Waals surface area contributed by atoms with Crippen molar-refractivity contribution in [1.29, 1.82) is 0 Å². The molecule has 1 atom stereocenters. The van der Waals surface area contributed by atoms with E-state index in [2.05, 4.69) is 15.3 Å². The Kier molecular flexibility index (Phi) is 5.43. The maximum absolute atomic E-state index is 11.0. The zero-order valence-electron chi connectivity index (χ0n) is 11.1. The van der Waals surface area contributed by atoms with Gasteiger partial charge in [0, 0.05) is 13.2 Å². The van der Waals surface area contributed by atoms with Crippen LogP contribution in [0, 0.1) is 23.0 Å². The van der Waals surface area contributed by atoms with Crippen LogP contribution >= 0.6 is 0 Å². The normalized spacial score (nSPS) is 12.2. The summed E-state index contributed by atoms with van der Waals surface area (Å²) in [6, 6.07) is 0. The van der Waals surface area contributed by atoms with Crippen molar-refractivity contribution in [1.82, 2.24) is 9.97 Å². The fraction of sp³-hybridized carbons (Fsp3) is 0.636. The van der Waals surface area contributed by atoms with Gasteiger partial charge in [0.15, 0.2) is 0 Å². The topological polar surface area (TPSA) is 127 Å². The summed E-state index contributed by atoms with van der Waals surface area (Å²) in [5, 5.41) is 22.7. The molecule has 8 heteroatoms. The summed E-state index contributed by atoms with van der Waals surface area (Å²) in [7, 11) is 0. The lowest BCUT2D eigenvalue weighted by molar-refractivity contribution is -0.385. The van der Waals surface area contributed by atoms with E-state index in [4.69, 9.17) is 10.8 Å². The van der Waals surface area contributed by atoms with E-state index in [0.29, 0.717) is 6.54 Å². The molecule has 0 aliphatic heterocycles. The van der Waals surface area contributed by atoms with Crippen LogP contribution in [0.3, 0.4) is 0 Å². The van der Waals surface area contributed by atoms with E-state index in [1.54, 1.807) is 0 Å². The quantitative estimate of drug-likeness (QED) is 0.384. The largest absolute Gasteiger partial charge is 0.396 e. The fourth-order valence-electron chi connectivity index (χ4n) is 1.68. The summed E-state index contributed by atoms with van der Waals surface area (Å²) in [6.07, 6.45) is 1.61. The highest BCUT2D eigenvalue weighted by Gasteiger charge is 2.20. The van der Waals surface area contributed by atoms with E-state index in [9.17, 15) is 10.1 Å². The second-order valence-corrected chi connectivity index (χ2v) is 4.48. The van der Waals surface area contributed by atoms with Crippen LogP contribution in [0.4, 0.5) is 17.5 Å². The molecule has 19 heavy (non-hydrogen) atoms. The lowest BCUT2D eigenvalue weighted by Crippen LogP contribution is -2.11. The lowest BCUT2D eigenvalue weighted by Gasteiger charge is -2.10. The number of nitrogen functional groups attached to an aromatic ring is 1. The van der Waals surface area contributed by atoms with E-state index in [0.717, 1.165) is 12.8 Å². The molecule has 0 amide bonds. The molecule has 0 spiro atoms. The highest BCUT2D eigenvalue weighted by Crippen LogP contribution is 2.25. The van der Waals surface area contributed by atoms with Crippen molar-refractivity contribution in [2.24, 2.45) is 5.92 Å². The number of rotatable bonds is 7. The number of nitro groups is 1. The van der Waals surface area contributed by atoms with Crippen LogP contribution < -0.4 is 11.1 Å². The number of nitrogens with one attached hydrogen (secondary N) is 1. The minimum atomic E-state index is -0.520. The molecule has 1 rings (SSSR count). The Bertz CT molecular complexity index is 452. The maximum atomic E-state index is 11.0. The monoisotopic (exact) mass is 269 g/mol.